The Morgan fingerprint density at radius 2 is 2.00 bits per heavy atom. The van der Waals surface area contributed by atoms with Crippen molar-refractivity contribution < 1.29 is 4.79 Å². The number of carbonyl (C=O) groups excluding carboxylic acids is 1. The van der Waals surface area contributed by atoms with Crippen LogP contribution in [0.3, 0.4) is 0 Å². The Hall–Kier alpha value is -2.21. The Bertz CT molecular complexity index is 903. The van der Waals surface area contributed by atoms with Gasteiger partial charge in [-0.3, -0.25) is 9.48 Å². The van der Waals surface area contributed by atoms with Gasteiger partial charge in [-0.1, -0.05) is 12.1 Å². The lowest BCUT2D eigenvalue weighted by atomic mass is 9.97. The highest BCUT2D eigenvalue weighted by Gasteiger charge is 2.29. The predicted molar refractivity (Wildman–Crippen MR) is 98.0 cm³/mol. The highest BCUT2D eigenvalue weighted by molar-refractivity contribution is 7.18. The minimum absolute atomic E-state index is 0.158. The minimum atomic E-state index is 0.158. The van der Waals surface area contributed by atoms with Gasteiger partial charge in [-0.25, -0.2) is 4.98 Å². The molecule has 128 valence electrons. The molecule has 2 aromatic heterocycles. The van der Waals surface area contributed by atoms with Crippen LogP contribution in [0.2, 0.25) is 0 Å². The van der Waals surface area contributed by atoms with Gasteiger partial charge in [0, 0.05) is 25.6 Å². The number of nitrogens with zero attached hydrogens (tertiary/aromatic N) is 4. The number of hydrogen-bond donors (Lipinski definition) is 0. The molecule has 0 unspecified atom stereocenters. The maximum atomic E-state index is 12.9. The highest BCUT2D eigenvalue weighted by Crippen LogP contribution is 2.34. The molecule has 6 heteroatoms. The van der Waals surface area contributed by atoms with Gasteiger partial charge in [0.25, 0.3) is 5.91 Å². The maximum absolute atomic E-state index is 12.9. The van der Waals surface area contributed by atoms with Gasteiger partial charge in [-0.05, 0) is 37.8 Å². The fraction of sp³-hybridized carbons (Fsp3) is 0.421. The number of hydrogen-bond acceptors (Lipinski definition) is 4. The molecule has 0 bridgehead atoms. The lowest BCUT2D eigenvalue weighted by Gasteiger charge is -2.31. The molecular formula is C19H20N4OS. The summed E-state index contributed by atoms with van der Waals surface area (Å²) in [4.78, 5) is 19.7. The van der Waals surface area contributed by atoms with Gasteiger partial charge in [0.15, 0.2) is 0 Å². The topological polar surface area (TPSA) is 51.0 Å². The molecule has 4 heterocycles. The lowest BCUT2D eigenvalue weighted by Crippen LogP contribution is -2.38. The van der Waals surface area contributed by atoms with E-state index in [4.69, 9.17) is 4.98 Å². The van der Waals surface area contributed by atoms with E-state index in [2.05, 4.69) is 23.3 Å². The van der Waals surface area contributed by atoms with E-state index in [1.807, 2.05) is 15.6 Å². The fourth-order valence-corrected chi connectivity index (χ4v) is 5.14. The number of rotatable bonds is 2. The van der Waals surface area contributed by atoms with Gasteiger partial charge in [-0.15, -0.1) is 11.3 Å². The summed E-state index contributed by atoms with van der Waals surface area (Å²) in [7, 11) is 0. The van der Waals surface area contributed by atoms with Gasteiger partial charge < -0.3 is 4.90 Å². The van der Waals surface area contributed by atoms with Gasteiger partial charge in [0.05, 0.1) is 32.7 Å². The first-order valence-corrected chi connectivity index (χ1v) is 9.80. The molecule has 3 aromatic rings. The first-order chi connectivity index (χ1) is 12.3. The number of para-hydroxylation sites is 1. The van der Waals surface area contributed by atoms with E-state index in [0.717, 1.165) is 62.1 Å². The van der Waals surface area contributed by atoms with Crippen molar-refractivity contribution in [3.8, 4) is 0 Å². The number of carbonyl (C=O) groups is 1. The smallest absolute Gasteiger partial charge is 0.257 e. The molecule has 0 aliphatic carbocycles. The van der Waals surface area contributed by atoms with Crippen LogP contribution in [0.4, 0.5) is 0 Å². The number of amides is 1. The molecule has 1 saturated heterocycles. The van der Waals surface area contributed by atoms with Gasteiger partial charge >= 0.3 is 0 Å². The first-order valence-electron chi connectivity index (χ1n) is 8.99. The van der Waals surface area contributed by atoms with E-state index in [1.54, 1.807) is 17.5 Å². The second kappa shape index (κ2) is 5.95. The zero-order valence-electron chi connectivity index (χ0n) is 14.0. The molecule has 0 N–H and O–H groups in total. The number of aromatic nitrogens is 3. The van der Waals surface area contributed by atoms with Crippen LogP contribution >= 0.6 is 11.3 Å². The summed E-state index contributed by atoms with van der Waals surface area (Å²) in [6.07, 6.45) is 5.83. The summed E-state index contributed by atoms with van der Waals surface area (Å²) in [5.41, 5.74) is 3.03. The summed E-state index contributed by atoms with van der Waals surface area (Å²) in [5, 5.41) is 5.58. The number of thiazole rings is 1. The molecule has 1 amide bonds. The summed E-state index contributed by atoms with van der Waals surface area (Å²) in [6.45, 7) is 2.57. The van der Waals surface area contributed by atoms with E-state index in [0.29, 0.717) is 5.92 Å². The lowest BCUT2D eigenvalue weighted by molar-refractivity contribution is 0.0712. The molecule has 2 aliphatic heterocycles. The Balaban J connectivity index is 1.30. The Labute approximate surface area is 150 Å². The molecule has 1 fully saturated rings. The van der Waals surface area contributed by atoms with Crippen LogP contribution < -0.4 is 0 Å². The van der Waals surface area contributed by atoms with Crippen LogP contribution in [-0.2, 0) is 13.0 Å². The monoisotopic (exact) mass is 352 g/mol. The average molecular weight is 352 g/mol. The molecular weight excluding hydrogens is 332 g/mol. The van der Waals surface area contributed by atoms with E-state index in [9.17, 15) is 4.79 Å². The van der Waals surface area contributed by atoms with Crippen molar-refractivity contribution in [3.05, 3.63) is 46.7 Å². The van der Waals surface area contributed by atoms with Gasteiger partial charge in [-0.2, -0.15) is 5.10 Å². The van der Waals surface area contributed by atoms with Crippen LogP contribution in [0.15, 0.2) is 30.5 Å². The van der Waals surface area contributed by atoms with E-state index < -0.39 is 0 Å². The molecule has 5 rings (SSSR count). The highest BCUT2D eigenvalue weighted by atomic mass is 32.1. The third-order valence-electron chi connectivity index (χ3n) is 5.40. The molecule has 0 saturated carbocycles. The second-order valence-corrected chi connectivity index (χ2v) is 7.98. The molecule has 2 aliphatic rings. The van der Waals surface area contributed by atoms with Crippen LogP contribution in [0, 0.1) is 0 Å². The largest absolute Gasteiger partial charge is 0.338 e. The van der Waals surface area contributed by atoms with Crippen molar-refractivity contribution in [3.63, 3.8) is 0 Å². The van der Waals surface area contributed by atoms with Gasteiger partial charge in [0.1, 0.15) is 0 Å². The number of likely N-dealkylation sites (tertiary alicyclic amines) is 1. The van der Waals surface area contributed by atoms with Crippen molar-refractivity contribution in [1.82, 2.24) is 19.7 Å². The van der Waals surface area contributed by atoms with Crippen LogP contribution in [0.25, 0.3) is 10.2 Å². The first kappa shape index (κ1) is 15.1. The molecule has 25 heavy (non-hydrogen) atoms. The van der Waals surface area contributed by atoms with Crippen LogP contribution in [0.1, 0.15) is 46.2 Å². The van der Waals surface area contributed by atoms with Crippen molar-refractivity contribution in [2.24, 2.45) is 0 Å². The fourth-order valence-electron chi connectivity index (χ4n) is 4.01. The third-order valence-corrected chi connectivity index (χ3v) is 6.60. The summed E-state index contributed by atoms with van der Waals surface area (Å²) in [5.74, 6) is 0.630. The number of aryl methyl sites for hydroxylation is 1. The minimum Gasteiger partial charge on any atom is -0.338 e. The van der Waals surface area contributed by atoms with Gasteiger partial charge in [0.2, 0.25) is 0 Å². The number of benzene rings is 1. The van der Waals surface area contributed by atoms with Crippen LogP contribution in [0.5, 0.6) is 0 Å². The van der Waals surface area contributed by atoms with E-state index in [-0.39, 0.29) is 5.91 Å². The Morgan fingerprint density at radius 1 is 1.16 bits per heavy atom. The summed E-state index contributed by atoms with van der Waals surface area (Å²) in [6, 6.07) is 8.32. The molecule has 1 aromatic carbocycles. The Morgan fingerprint density at radius 3 is 2.84 bits per heavy atom. The number of piperidine rings is 1. The summed E-state index contributed by atoms with van der Waals surface area (Å²) >= 11 is 1.80. The van der Waals surface area contributed by atoms with Crippen molar-refractivity contribution in [2.75, 3.05) is 13.1 Å². The van der Waals surface area contributed by atoms with E-state index >= 15 is 0 Å². The van der Waals surface area contributed by atoms with Crippen molar-refractivity contribution in [2.45, 2.75) is 38.1 Å². The van der Waals surface area contributed by atoms with Crippen molar-refractivity contribution in [1.29, 1.82) is 0 Å². The second-order valence-electron chi connectivity index (χ2n) is 6.92. The third kappa shape index (κ3) is 2.56. The average Bonchev–Trinajstić information content (AvgIpc) is 3.36. The van der Waals surface area contributed by atoms with Crippen LogP contribution in [-0.4, -0.2) is 38.7 Å². The maximum Gasteiger partial charge on any atom is 0.257 e. The zero-order valence-corrected chi connectivity index (χ0v) is 14.8. The standard InChI is InChI=1S/C19H20N4OS/c24-19(14-12-20-23-9-3-5-16(14)23)22-10-7-13(8-11-22)18-21-15-4-1-2-6-17(15)25-18/h1-2,4,6,12-13H,3,5,7-11H2. The molecule has 0 spiro atoms. The number of fused-ring (bicyclic) bond motifs is 2. The normalized spacial score (nSPS) is 18.0. The molecule has 5 nitrogen and oxygen atoms in total. The predicted octanol–water partition coefficient (Wildman–Crippen LogP) is 3.46. The summed E-state index contributed by atoms with van der Waals surface area (Å²) < 4.78 is 3.24. The molecule has 0 atom stereocenters. The molecule has 0 radical (unpaired) electrons. The van der Waals surface area contributed by atoms with E-state index in [1.165, 1.54) is 9.71 Å². The Kier molecular flexibility index (Phi) is 3.59. The quantitative estimate of drug-likeness (QED) is 0.710. The SMILES string of the molecule is O=C(c1cnn2c1CCC2)N1CCC(c2nc3ccccc3s2)CC1. The van der Waals surface area contributed by atoms with Crippen molar-refractivity contribution >= 4 is 27.5 Å². The zero-order chi connectivity index (χ0) is 16.8.